The Hall–Kier alpha value is -1.24. The van der Waals surface area contributed by atoms with Crippen LogP contribution in [0.4, 0.5) is 0 Å². The molecular formula is C20H24Cl2N2O6S2. The fourth-order valence-corrected chi connectivity index (χ4v) is 6.45. The van der Waals surface area contributed by atoms with Crippen molar-refractivity contribution in [3.8, 4) is 0 Å². The van der Waals surface area contributed by atoms with Gasteiger partial charge in [-0.05, 0) is 55.7 Å². The Morgan fingerprint density at radius 3 is 2.31 bits per heavy atom. The quantitative estimate of drug-likeness (QED) is 0.465. The zero-order valence-electron chi connectivity index (χ0n) is 16.9. The number of hydrogen-bond donors (Lipinski definition) is 3. The Morgan fingerprint density at radius 1 is 0.969 bits per heavy atom. The number of rotatable bonds is 9. The average Bonchev–Trinajstić information content (AvgIpc) is 2.75. The van der Waals surface area contributed by atoms with Gasteiger partial charge in [-0.25, -0.2) is 26.3 Å². The van der Waals surface area contributed by atoms with E-state index in [1.54, 1.807) is 12.1 Å². The molecule has 8 nitrogen and oxygen atoms in total. The van der Waals surface area contributed by atoms with Crippen LogP contribution < -0.4 is 9.44 Å². The fourth-order valence-electron chi connectivity index (χ4n) is 3.46. The summed E-state index contributed by atoms with van der Waals surface area (Å²) in [6.07, 6.45) is 0.186. The van der Waals surface area contributed by atoms with Crippen molar-refractivity contribution in [1.29, 1.82) is 0 Å². The van der Waals surface area contributed by atoms with Gasteiger partial charge in [0.25, 0.3) is 0 Å². The predicted molar refractivity (Wildman–Crippen MR) is 122 cm³/mol. The third-order valence-corrected chi connectivity index (χ3v) is 8.83. The lowest BCUT2D eigenvalue weighted by Crippen LogP contribution is -2.51. The second kappa shape index (κ2) is 10.8. The minimum atomic E-state index is -3.90. The average molecular weight is 523 g/mol. The van der Waals surface area contributed by atoms with Crippen molar-refractivity contribution in [2.45, 2.75) is 47.3 Å². The van der Waals surface area contributed by atoms with E-state index in [0.717, 1.165) is 0 Å². The molecule has 1 saturated heterocycles. The van der Waals surface area contributed by atoms with Crippen LogP contribution >= 0.6 is 23.2 Å². The number of nitrogens with one attached hydrogen (secondary N) is 2. The van der Waals surface area contributed by atoms with E-state index >= 15 is 0 Å². The molecule has 0 aliphatic carbocycles. The summed E-state index contributed by atoms with van der Waals surface area (Å²) >= 11 is 11.8. The van der Waals surface area contributed by atoms with Crippen molar-refractivity contribution in [2.24, 2.45) is 0 Å². The van der Waals surface area contributed by atoms with E-state index in [1.165, 1.54) is 36.4 Å². The molecule has 2 aromatic carbocycles. The largest absolute Gasteiger partial charge is 0.394 e. The maximum atomic E-state index is 12.7. The molecule has 1 aliphatic rings. The van der Waals surface area contributed by atoms with Crippen LogP contribution in [0.2, 0.25) is 10.0 Å². The summed E-state index contributed by atoms with van der Waals surface area (Å²) in [4.78, 5) is 0.0610. The van der Waals surface area contributed by atoms with Crippen molar-refractivity contribution < 1.29 is 26.7 Å². The second-order valence-corrected chi connectivity index (χ2v) is 11.6. The monoisotopic (exact) mass is 522 g/mol. The summed E-state index contributed by atoms with van der Waals surface area (Å²) in [5.41, 5.74) is 0. The molecule has 0 saturated carbocycles. The minimum absolute atomic E-state index is 0.0444. The number of ether oxygens (including phenoxy) is 1. The Bertz CT molecular complexity index is 1130. The molecule has 32 heavy (non-hydrogen) atoms. The molecular weight excluding hydrogens is 499 g/mol. The first-order valence-electron chi connectivity index (χ1n) is 9.91. The second-order valence-electron chi connectivity index (χ2n) is 7.36. The number of hydrogen-bond acceptors (Lipinski definition) is 6. The van der Waals surface area contributed by atoms with Crippen LogP contribution in [0.25, 0.3) is 0 Å². The number of aliphatic hydroxyl groups excluding tert-OH is 1. The molecule has 0 aromatic heterocycles. The molecule has 2 aromatic rings. The summed E-state index contributed by atoms with van der Waals surface area (Å²) in [7, 11) is -7.58. The number of halogens is 2. The zero-order valence-corrected chi connectivity index (χ0v) is 20.1. The molecule has 0 amide bonds. The molecule has 1 aliphatic heterocycles. The standard InChI is InChI=1S/C20H24Cl2N2O6S2/c21-14-5-8-16(9-6-14)31(26,27)23-12-11-15-7-10-18(19(13-25)30-15)24-32(28,29)20-4-2-1-3-17(20)22/h1-6,8-9,15,18-19,23-25H,7,10-13H2/t15-,18-,19-/m0/s1. The zero-order chi connectivity index (χ0) is 23.4. The van der Waals surface area contributed by atoms with Crippen LogP contribution in [0.15, 0.2) is 58.3 Å². The Labute approximate surface area is 198 Å². The fraction of sp³-hybridized carbons (Fsp3) is 0.400. The van der Waals surface area contributed by atoms with Gasteiger partial charge in [-0.15, -0.1) is 0 Å². The molecule has 0 radical (unpaired) electrons. The van der Waals surface area contributed by atoms with E-state index in [2.05, 4.69) is 9.44 Å². The van der Waals surface area contributed by atoms with Crippen molar-refractivity contribution in [1.82, 2.24) is 9.44 Å². The minimum Gasteiger partial charge on any atom is -0.394 e. The highest BCUT2D eigenvalue weighted by molar-refractivity contribution is 7.89. The molecule has 3 atom stereocenters. The smallest absolute Gasteiger partial charge is 0.242 e. The number of benzene rings is 2. The van der Waals surface area contributed by atoms with Crippen molar-refractivity contribution in [3.05, 3.63) is 58.6 Å². The van der Waals surface area contributed by atoms with Gasteiger partial charge < -0.3 is 9.84 Å². The van der Waals surface area contributed by atoms with Crippen LogP contribution in [-0.4, -0.2) is 53.3 Å². The lowest BCUT2D eigenvalue weighted by molar-refractivity contribution is -0.0869. The van der Waals surface area contributed by atoms with Crippen LogP contribution in [0.5, 0.6) is 0 Å². The van der Waals surface area contributed by atoms with Crippen LogP contribution in [0.3, 0.4) is 0 Å². The molecule has 3 rings (SSSR count). The van der Waals surface area contributed by atoms with E-state index in [-0.39, 0.29) is 34.1 Å². The van der Waals surface area contributed by atoms with Gasteiger partial charge in [-0.3, -0.25) is 0 Å². The molecule has 12 heteroatoms. The summed E-state index contributed by atoms with van der Waals surface area (Å²) in [5.74, 6) is 0. The summed E-state index contributed by atoms with van der Waals surface area (Å²) in [5, 5.41) is 10.3. The lowest BCUT2D eigenvalue weighted by Gasteiger charge is -2.36. The first-order chi connectivity index (χ1) is 15.1. The topological polar surface area (TPSA) is 122 Å². The number of sulfonamides is 2. The van der Waals surface area contributed by atoms with E-state index in [1.807, 2.05) is 0 Å². The highest BCUT2D eigenvalue weighted by atomic mass is 35.5. The van der Waals surface area contributed by atoms with E-state index < -0.39 is 32.2 Å². The van der Waals surface area contributed by atoms with Crippen molar-refractivity contribution >= 4 is 43.2 Å². The molecule has 3 N–H and O–H groups in total. The lowest BCUT2D eigenvalue weighted by atomic mass is 9.98. The van der Waals surface area contributed by atoms with Crippen LogP contribution in [-0.2, 0) is 24.8 Å². The van der Waals surface area contributed by atoms with Gasteiger partial charge in [0.1, 0.15) is 4.90 Å². The summed E-state index contributed by atoms with van der Waals surface area (Å²) < 4.78 is 61.0. The Morgan fingerprint density at radius 2 is 1.66 bits per heavy atom. The van der Waals surface area contributed by atoms with Gasteiger partial charge >= 0.3 is 0 Å². The third-order valence-electron chi connectivity index (χ3n) is 5.11. The molecule has 1 heterocycles. The highest BCUT2D eigenvalue weighted by Crippen LogP contribution is 2.26. The number of aliphatic hydroxyl groups is 1. The normalized spacial score (nSPS) is 22.0. The van der Waals surface area contributed by atoms with Gasteiger partial charge in [0.05, 0.1) is 34.8 Å². The summed E-state index contributed by atoms with van der Waals surface area (Å²) in [6, 6.07) is 11.3. The van der Waals surface area contributed by atoms with E-state index in [0.29, 0.717) is 24.3 Å². The van der Waals surface area contributed by atoms with E-state index in [4.69, 9.17) is 27.9 Å². The van der Waals surface area contributed by atoms with E-state index in [9.17, 15) is 21.9 Å². The van der Waals surface area contributed by atoms with Crippen LogP contribution in [0.1, 0.15) is 19.3 Å². The molecule has 0 unspecified atom stereocenters. The first-order valence-corrected chi connectivity index (χ1v) is 13.6. The van der Waals surface area contributed by atoms with Crippen LogP contribution in [0, 0.1) is 0 Å². The van der Waals surface area contributed by atoms with Gasteiger partial charge in [0.2, 0.25) is 20.0 Å². The molecule has 176 valence electrons. The van der Waals surface area contributed by atoms with Crippen molar-refractivity contribution in [2.75, 3.05) is 13.2 Å². The van der Waals surface area contributed by atoms with Gasteiger partial charge in [-0.1, -0.05) is 35.3 Å². The highest BCUT2D eigenvalue weighted by Gasteiger charge is 2.34. The Kier molecular flexibility index (Phi) is 8.56. The maximum absolute atomic E-state index is 12.7. The third kappa shape index (κ3) is 6.42. The predicted octanol–water partition coefficient (Wildman–Crippen LogP) is 2.55. The first kappa shape index (κ1) is 25.4. The molecule has 0 spiro atoms. The summed E-state index contributed by atoms with van der Waals surface area (Å²) in [6.45, 7) is -0.257. The van der Waals surface area contributed by atoms with Gasteiger partial charge in [-0.2, -0.15) is 0 Å². The Balaban J connectivity index is 1.55. The van der Waals surface area contributed by atoms with Gasteiger partial charge in [0, 0.05) is 11.6 Å². The maximum Gasteiger partial charge on any atom is 0.242 e. The van der Waals surface area contributed by atoms with Gasteiger partial charge in [0.15, 0.2) is 0 Å². The van der Waals surface area contributed by atoms with Crippen molar-refractivity contribution in [3.63, 3.8) is 0 Å². The molecule has 1 fully saturated rings. The SMILES string of the molecule is O=S(=O)(NCC[C@@H]1CC[C@H](NS(=O)(=O)c2ccccc2Cl)[C@H](CO)O1)c1ccc(Cl)cc1. The molecule has 0 bridgehead atoms.